The Hall–Kier alpha value is -7.86. The smallest absolute Gasteiger partial charge is 0.179 e. The molecular formula is C56H39N3OSi. The van der Waals surface area contributed by atoms with Crippen LogP contribution in [-0.2, 0) is 0 Å². The number of para-hydroxylation sites is 2. The number of hydrogen-bond acceptors (Lipinski definition) is 3. The molecule has 1 N–H and O–H groups in total. The average molecular weight is 798 g/mol. The van der Waals surface area contributed by atoms with Gasteiger partial charge in [0.2, 0.25) is 0 Å². The van der Waals surface area contributed by atoms with Crippen molar-refractivity contribution in [1.29, 1.82) is 5.41 Å². The number of nitrogens with zero attached hydrogens (tertiary/aromatic N) is 2. The fraction of sp³-hybridized carbons (Fsp3) is 0. The zero-order valence-corrected chi connectivity index (χ0v) is 34.2. The summed E-state index contributed by atoms with van der Waals surface area (Å²) in [6.45, 7) is 0. The van der Waals surface area contributed by atoms with Crippen LogP contribution in [0, 0.1) is 5.41 Å². The third kappa shape index (κ3) is 6.14. The van der Waals surface area contributed by atoms with E-state index in [9.17, 15) is 0 Å². The van der Waals surface area contributed by atoms with Gasteiger partial charge in [-0.2, -0.15) is 0 Å². The van der Waals surface area contributed by atoms with Crippen LogP contribution in [-0.4, -0.2) is 24.6 Å². The van der Waals surface area contributed by atoms with E-state index in [1.54, 1.807) is 0 Å². The van der Waals surface area contributed by atoms with Crippen molar-refractivity contribution in [2.24, 2.45) is 4.99 Å². The van der Waals surface area contributed by atoms with Gasteiger partial charge in [0.15, 0.2) is 8.07 Å². The molecule has 0 amide bonds. The van der Waals surface area contributed by atoms with Crippen LogP contribution >= 0.6 is 0 Å². The van der Waals surface area contributed by atoms with E-state index in [2.05, 4.69) is 162 Å². The Bertz CT molecular complexity index is 3330. The van der Waals surface area contributed by atoms with Crippen LogP contribution in [0.3, 0.4) is 0 Å². The number of aliphatic imine (C=N–C) groups is 1. The van der Waals surface area contributed by atoms with Crippen molar-refractivity contribution in [2.75, 3.05) is 0 Å². The van der Waals surface area contributed by atoms with Crippen LogP contribution in [0.1, 0.15) is 16.7 Å². The highest BCUT2D eigenvalue weighted by molar-refractivity contribution is 7.20. The topological polar surface area (TPSA) is 54.3 Å². The fourth-order valence-corrected chi connectivity index (χ4v) is 14.0. The third-order valence-corrected chi connectivity index (χ3v) is 16.8. The summed E-state index contributed by atoms with van der Waals surface area (Å²) in [6, 6.07) is 79.6. The zero-order valence-electron chi connectivity index (χ0n) is 33.2. The van der Waals surface area contributed by atoms with E-state index in [1.807, 2.05) is 72.9 Å². The molecule has 0 aliphatic rings. The first kappa shape index (κ1) is 36.2. The molecule has 0 unspecified atom stereocenters. The molecule has 0 atom stereocenters. The number of rotatable bonds is 9. The van der Waals surface area contributed by atoms with E-state index < -0.39 is 8.07 Å². The number of aromatic nitrogens is 1. The minimum absolute atomic E-state index is 0.448. The van der Waals surface area contributed by atoms with Gasteiger partial charge in [0.25, 0.3) is 0 Å². The number of furan rings is 1. The molecule has 5 heteroatoms. The molecule has 2 aromatic heterocycles. The summed E-state index contributed by atoms with van der Waals surface area (Å²) < 4.78 is 8.94. The van der Waals surface area contributed by atoms with Gasteiger partial charge in [-0.25, -0.2) is 0 Å². The van der Waals surface area contributed by atoms with Gasteiger partial charge >= 0.3 is 0 Å². The Labute approximate surface area is 354 Å². The summed E-state index contributed by atoms with van der Waals surface area (Å²) in [5, 5.41) is 18.8. The lowest BCUT2D eigenvalue weighted by molar-refractivity contribution is 0.669. The molecular weight excluding hydrogens is 759 g/mol. The van der Waals surface area contributed by atoms with Crippen molar-refractivity contribution in [3.05, 3.63) is 241 Å². The summed E-state index contributed by atoms with van der Waals surface area (Å²) >= 11 is 0. The standard InChI is InChI=1S/C56H39N3OSi/c57-56(40-19-5-1-6-20-40)47-29-13-15-30-51(47)58-38-39-18-17-21-41(34-39)59-52-33-32-45(35-48(52)49-37-55-50(36-53(49)59)46-28-14-16-31-54(46)60-55)61(42-22-7-2-8-23-42,43-24-9-3-10-25-43)44-26-11-4-12-27-44/h1-38,57H. The Kier molecular flexibility index (Phi) is 8.95. The Morgan fingerprint density at radius 1 is 0.459 bits per heavy atom. The number of hydrogen-bond donors (Lipinski definition) is 1. The number of benzene rings is 9. The van der Waals surface area contributed by atoms with Crippen molar-refractivity contribution >= 4 is 90.2 Å². The summed E-state index contributed by atoms with van der Waals surface area (Å²) in [5.41, 5.74) is 8.81. The largest absolute Gasteiger partial charge is 0.456 e. The summed E-state index contributed by atoms with van der Waals surface area (Å²) in [5.74, 6) is 0. The van der Waals surface area contributed by atoms with Gasteiger partial charge in [0.1, 0.15) is 11.2 Å². The molecule has 2 heterocycles. The van der Waals surface area contributed by atoms with E-state index in [-0.39, 0.29) is 0 Å². The summed E-state index contributed by atoms with van der Waals surface area (Å²) in [4.78, 5) is 4.98. The minimum Gasteiger partial charge on any atom is -0.456 e. The molecule has 0 saturated carbocycles. The molecule has 0 spiro atoms. The van der Waals surface area contributed by atoms with Gasteiger partial charge in [-0.1, -0.05) is 182 Å². The predicted octanol–water partition coefficient (Wildman–Crippen LogP) is 11.2. The van der Waals surface area contributed by atoms with E-state index in [0.717, 1.165) is 66.4 Å². The molecule has 288 valence electrons. The Balaban J connectivity index is 1.13. The second kappa shape index (κ2) is 15.1. The molecule has 61 heavy (non-hydrogen) atoms. The Morgan fingerprint density at radius 2 is 1.07 bits per heavy atom. The van der Waals surface area contributed by atoms with Gasteiger partial charge in [-0.3, -0.25) is 10.4 Å². The SMILES string of the molecule is N=C(c1ccccc1)c1ccccc1N=Cc1cccc(-n2c3ccc([Si](c4ccccc4)(c4ccccc4)c4ccccc4)cc3c3cc4oc5ccccc5c4cc32)c1. The molecule has 0 aliphatic heterocycles. The molecule has 0 aliphatic carbocycles. The van der Waals surface area contributed by atoms with Gasteiger partial charge in [-0.05, 0) is 68.8 Å². The van der Waals surface area contributed by atoms with Crippen LogP contribution in [0.15, 0.2) is 234 Å². The first-order chi connectivity index (χ1) is 30.2. The monoisotopic (exact) mass is 797 g/mol. The molecule has 0 fully saturated rings. The van der Waals surface area contributed by atoms with Crippen LogP contribution in [0.5, 0.6) is 0 Å². The minimum atomic E-state index is -2.81. The lowest BCUT2D eigenvalue weighted by Crippen LogP contribution is -2.74. The first-order valence-electron chi connectivity index (χ1n) is 20.6. The molecule has 9 aromatic carbocycles. The lowest BCUT2D eigenvalue weighted by atomic mass is 10.0. The highest BCUT2D eigenvalue weighted by Crippen LogP contribution is 2.38. The third-order valence-electron chi connectivity index (χ3n) is 12.0. The molecule has 11 rings (SSSR count). The summed E-state index contributed by atoms with van der Waals surface area (Å²) in [6.07, 6.45) is 1.91. The van der Waals surface area contributed by atoms with Crippen LogP contribution in [0.25, 0.3) is 49.4 Å². The van der Waals surface area contributed by atoms with Crippen molar-refractivity contribution in [2.45, 2.75) is 0 Å². The predicted molar refractivity (Wildman–Crippen MR) is 258 cm³/mol. The second-order valence-corrected chi connectivity index (χ2v) is 19.3. The van der Waals surface area contributed by atoms with Crippen molar-refractivity contribution in [3.8, 4) is 5.69 Å². The van der Waals surface area contributed by atoms with Crippen molar-refractivity contribution < 1.29 is 4.42 Å². The fourth-order valence-electron chi connectivity index (χ4n) is 9.26. The Morgan fingerprint density at radius 3 is 1.77 bits per heavy atom. The maximum absolute atomic E-state index is 8.99. The van der Waals surface area contributed by atoms with Gasteiger partial charge in [-0.15, -0.1) is 0 Å². The van der Waals surface area contributed by atoms with E-state index in [1.165, 1.54) is 26.1 Å². The first-order valence-corrected chi connectivity index (χ1v) is 22.6. The average Bonchev–Trinajstić information content (AvgIpc) is 3.86. The van der Waals surface area contributed by atoms with Crippen molar-refractivity contribution in [3.63, 3.8) is 0 Å². The van der Waals surface area contributed by atoms with Crippen molar-refractivity contribution in [1.82, 2.24) is 4.57 Å². The van der Waals surface area contributed by atoms with Gasteiger partial charge in [0, 0.05) is 44.6 Å². The van der Waals surface area contributed by atoms with Crippen LogP contribution < -0.4 is 20.7 Å². The quantitative estimate of drug-likeness (QED) is 0.0883. The van der Waals surface area contributed by atoms with Crippen LogP contribution in [0.4, 0.5) is 5.69 Å². The maximum Gasteiger partial charge on any atom is 0.179 e. The summed E-state index contributed by atoms with van der Waals surface area (Å²) in [7, 11) is -2.81. The highest BCUT2D eigenvalue weighted by atomic mass is 28.3. The molecule has 0 bridgehead atoms. The second-order valence-electron chi connectivity index (χ2n) is 15.5. The van der Waals surface area contributed by atoms with Gasteiger partial charge in [0.05, 0.1) is 22.4 Å². The van der Waals surface area contributed by atoms with E-state index in [0.29, 0.717) is 5.71 Å². The number of fused-ring (bicyclic) bond motifs is 6. The van der Waals surface area contributed by atoms with Crippen LogP contribution in [0.2, 0.25) is 0 Å². The molecule has 0 radical (unpaired) electrons. The molecule has 11 aromatic rings. The van der Waals surface area contributed by atoms with E-state index in [4.69, 9.17) is 14.8 Å². The molecule has 0 saturated heterocycles. The molecule has 4 nitrogen and oxygen atoms in total. The normalized spacial score (nSPS) is 11.9. The van der Waals surface area contributed by atoms with E-state index >= 15 is 0 Å². The maximum atomic E-state index is 8.99. The highest BCUT2D eigenvalue weighted by Gasteiger charge is 2.41. The lowest BCUT2D eigenvalue weighted by Gasteiger charge is -2.34. The number of nitrogens with one attached hydrogen (secondary N) is 1. The van der Waals surface area contributed by atoms with Gasteiger partial charge < -0.3 is 8.98 Å². The zero-order chi connectivity index (χ0) is 40.8.